The van der Waals surface area contributed by atoms with Crippen molar-refractivity contribution in [1.82, 2.24) is 4.90 Å². The van der Waals surface area contributed by atoms with Crippen LogP contribution in [0.2, 0.25) is 0 Å². The first kappa shape index (κ1) is 24.8. The van der Waals surface area contributed by atoms with Crippen LogP contribution in [-0.2, 0) is 22.5 Å². The molecule has 3 aromatic rings. The molecule has 1 fully saturated rings. The number of rotatable bonds is 4. The summed E-state index contributed by atoms with van der Waals surface area (Å²) >= 11 is -2.36. The van der Waals surface area contributed by atoms with E-state index < -0.39 is 11.3 Å². The Morgan fingerprint density at radius 3 is 2.45 bits per heavy atom. The molecule has 0 spiro atoms. The molecule has 1 saturated heterocycles. The number of amides is 1. The molecule has 4 rings (SSSR count). The van der Waals surface area contributed by atoms with Gasteiger partial charge in [0, 0.05) is 47.3 Å². The van der Waals surface area contributed by atoms with Gasteiger partial charge in [0.15, 0.2) is 0 Å². The van der Waals surface area contributed by atoms with Crippen molar-refractivity contribution in [2.75, 3.05) is 13.1 Å². The van der Waals surface area contributed by atoms with Crippen molar-refractivity contribution in [3.8, 4) is 11.1 Å². The van der Waals surface area contributed by atoms with Gasteiger partial charge < -0.3 is 13.9 Å². The highest BCUT2D eigenvalue weighted by Gasteiger charge is 2.22. The number of carbonyl (C=O) groups is 1. The zero-order valence-electron chi connectivity index (χ0n) is 18.9. The number of nitrogens with zero attached hydrogens (tertiary/aromatic N) is 1. The summed E-state index contributed by atoms with van der Waals surface area (Å²) in [6, 6.07) is 15.6. The average Bonchev–Trinajstić information content (AvgIpc) is 2.78. The van der Waals surface area contributed by atoms with E-state index >= 15 is 0 Å². The summed E-state index contributed by atoms with van der Waals surface area (Å²) in [5.74, 6) is 0.136. The SMILES string of the molecule is Cc1ccccc1-c1cc(=O)oc2cc(CC(C)C(=O)N3CCCCC3)ccc12.NS(=O)[O-]. The van der Waals surface area contributed by atoms with Gasteiger partial charge in [-0.3, -0.25) is 14.1 Å². The van der Waals surface area contributed by atoms with Gasteiger partial charge in [0.05, 0.1) is 0 Å². The quantitative estimate of drug-likeness (QED) is 0.462. The van der Waals surface area contributed by atoms with E-state index in [1.807, 2.05) is 61.2 Å². The molecule has 0 aliphatic carbocycles. The van der Waals surface area contributed by atoms with Crippen LogP contribution in [0.3, 0.4) is 0 Å². The Hall–Kier alpha value is -2.81. The van der Waals surface area contributed by atoms with Gasteiger partial charge >= 0.3 is 5.63 Å². The molecule has 1 aliphatic rings. The molecule has 33 heavy (non-hydrogen) atoms. The largest absolute Gasteiger partial charge is 0.760 e. The summed E-state index contributed by atoms with van der Waals surface area (Å²) in [5.41, 5.74) is 4.27. The van der Waals surface area contributed by atoms with E-state index in [1.165, 1.54) is 6.42 Å². The van der Waals surface area contributed by atoms with Gasteiger partial charge in [0.2, 0.25) is 5.91 Å². The van der Waals surface area contributed by atoms with Crippen LogP contribution < -0.4 is 10.8 Å². The lowest BCUT2D eigenvalue weighted by atomic mass is 9.95. The fourth-order valence-corrected chi connectivity index (χ4v) is 4.30. The highest BCUT2D eigenvalue weighted by atomic mass is 32.2. The standard InChI is InChI=1S/C25H27NO3.H3NO2S/c1-17-8-4-5-9-20(17)22-16-24(27)29-23-15-19(10-11-21(22)23)14-18(2)25(28)26-12-6-3-7-13-26;1-4(2)3/h4-5,8-11,15-16,18H,3,6-7,12-14H2,1-2H3;1H2,(H,2,3)/p-1. The van der Waals surface area contributed by atoms with E-state index in [1.54, 1.807) is 6.07 Å². The number of nitrogens with two attached hydrogens (primary N) is 1. The molecule has 176 valence electrons. The second-order valence-corrected chi connectivity index (χ2v) is 8.90. The molecule has 2 heterocycles. The van der Waals surface area contributed by atoms with E-state index in [0.717, 1.165) is 53.6 Å². The summed E-state index contributed by atoms with van der Waals surface area (Å²) in [5, 5.41) is 4.94. The number of aryl methyl sites for hydroxylation is 1. The van der Waals surface area contributed by atoms with Crippen molar-refractivity contribution >= 4 is 28.1 Å². The van der Waals surface area contributed by atoms with Crippen LogP contribution in [0.1, 0.15) is 37.3 Å². The molecule has 0 saturated carbocycles. The Morgan fingerprint density at radius 2 is 1.79 bits per heavy atom. The van der Waals surface area contributed by atoms with E-state index in [2.05, 4.69) is 5.14 Å². The van der Waals surface area contributed by atoms with Crippen molar-refractivity contribution in [3.63, 3.8) is 0 Å². The number of hydrogen-bond acceptors (Lipinski definition) is 5. The highest BCUT2D eigenvalue weighted by Crippen LogP contribution is 2.30. The van der Waals surface area contributed by atoms with Crippen molar-refractivity contribution in [1.29, 1.82) is 0 Å². The second kappa shape index (κ2) is 11.4. The van der Waals surface area contributed by atoms with Crippen molar-refractivity contribution < 1.29 is 18.0 Å². The minimum atomic E-state index is -2.36. The minimum Gasteiger partial charge on any atom is -0.760 e. The third-order valence-corrected chi connectivity index (χ3v) is 5.88. The van der Waals surface area contributed by atoms with Crippen molar-refractivity contribution in [2.24, 2.45) is 11.1 Å². The zero-order valence-corrected chi connectivity index (χ0v) is 19.7. The molecule has 1 aliphatic heterocycles. The summed E-state index contributed by atoms with van der Waals surface area (Å²) < 4.78 is 23.1. The van der Waals surface area contributed by atoms with Crippen LogP contribution in [0, 0.1) is 12.8 Å². The van der Waals surface area contributed by atoms with Gasteiger partial charge in [0.1, 0.15) is 5.58 Å². The molecule has 7 nitrogen and oxygen atoms in total. The first-order chi connectivity index (χ1) is 15.8. The summed E-state index contributed by atoms with van der Waals surface area (Å²) in [6.45, 7) is 5.77. The first-order valence-electron chi connectivity index (χ1n) is 11.0. The fourth-order valence-electron chi connectivity index (χ4n) is 4.30. The van der Waals surface area contributed by atoms with Crippen LogP contribution in [0.5, 0.6) is 0 Å². The Morgan fingerprint density at radius 1 is 1.12 bits per heavy atom. The minimum absolute atomic E-state index is 0.0863. The number of benzene rings is 2. The molecule has 2 aromatic carbocycles. The molecule has 0 radical (unpaired) electrons. The number of fused-ring (bicyclic) bond motifs is 1. The average molecular weight is 470 g/mol. The number of carbonyl (C=O) groups excluding carboxylic acids is 1. The molecular formula is C25H29N2O5S-. The fraction of sp³-hybridized carbons (Fsp3) is 0.360. The lowest BCUT2D eigenvalue weighted by Gasteiger charge is -2.29. The Balaban J connectivity index is 0.000000709. The highest BCUT2D eigenvalue weighted by molar-refractivity contribution is 7.76. The topological polar surface area (TPSA) is 117 Å². The number of hydrogen-bond donors (Lipinski definition) is 1. The normalized spacial score (nSPS) is 15.5. The molecule has 1 amide bonds. The van der Waals surface area contributed by atoms with E-state index in [9.17, 15) is 9.59 Å². The lowest BCUT2D eigenvalue weighted by molar-refractivity contribution is -0.135. The summed E-state index contributed by atoms with van der Waals surface area (Å²) in [7, 11) is 0. The van der Waals surface area contributed by atoms with Gasteiger partial charge in [-0.15, -0.1) is 0 Å². The number of piperidine rings is 1. The van der Waals surface area contributed by atoms with Gasteiger partial charge in [-0.2, -0.15) is 0 Å². The molecule has 1 aromatic heterocycles. The Labute approximate surface area is 196 Å². The number of likely N-dealkylation sites (tertiary alicyclic amines) is 1. The van der Waals surface area contributed by atoms with Crippen molar-refractivity contribution in [3.05, 3.63) is 70.1 Å². The van der Waals surface area contributed by atoms with E-state index in [4.69, 9.17) is 13.2 Å². The zero-order chi connectivity index (χ0) is 24.0. The molecule has 0 bridgehead atoms. The Kier molecular flexibility index (Phi) is 8.55. The van der Waals surface area contributed by atoms with Crippen LogP contribution in [-0.4, -0.2) is 32.7 Å². The van der Waals surface area contributed by atoms with Crippen molar-refractivity contribution in [2.45, 2.75) is 39.5 Å². The monoisotopic (exact) mass is 469 g/mol. The molecule has 2 N–H and O–H groups in total. The lowest BCUT2D eigenvalue weighted by Crippen LogP contribution is -2.39. The van der Waals surface area contributed by atoms with Gasteiger partial charge in [-0.25, -0.2) is 4.79 Å². The van der Waals surface area contributed by atoms with E-state index in [-0.39, 0.29) is 17.5 Å². The molecule has 8 heteroatoms. The molecule has 2 atom stereocenters. The van der Waals surface area contributed by atoms with Crippen LogP contribution >= 0.6 is 0 Å². The van der Waals surface area contributed by atoms with Gasteiger partial charge in [-0.05, 0) is 55.4 Å². The van der Waals surface area contributed by atoms with Crippen LogP contribution in [0.25, 0.3) is 22.1 Å². The van der Waals surface area contributed by atoms with E-state index in [0.29, 0.717) is 12.0 Å². The third kappa shape index (κ3) is 6.60. The second-order valence-electron chi connectivity index (χ2n) is 8.38. The maximum absolute atomic E-state index is 12.7. The maximum Gasteiger partial charge on any atom is 0.336 e. The summed E-state index contributed by atoms with van der Waals surface area (Å²) in [4.78, 5) is 27.0. The summed E-state index contributed by atoms with van der Waals surface area (Å²) in [6.07, 6.45) is 4.05. The maximum atomic E-state index is 12.7. The predicted molar refractivity (Wildman–Crippen MR) is 129 cm³/mol. The molecule has 2 unspecified atom stereocenters. The Bertz CT molecular complexity index is 1200. The smallest absolute Gasteiger partial charge is 0.336 e. The van der Waals surface area contributed by atoms with Gasteiger partial charge in [-0.1, -0.05) is 43.3 Å². The van der Waals surface area contributed by atoms with Crippen LogP contribution in [0.4, 0.5) is 0 Å². The molecular weight excluding hydrogens is 440 g/mol. The third-order valence-electron chi connectivity index (χ3n) is 5.88. The van der Waals surface area contributed by atoms with Gasteiger partial charge in [0.25, 0.3) is 0 Å². The predicted octanol–water partition coefficient (Wildman–Crippen LogP) is 3.70. The first-order valence-corrected chi connectivity index (χ1v) is 12.2. The van der Waals surface area contributed by atoms with Crippen LogP contribution in [0.15, 0.2) is 57.7 Å².